The minimum Gasteiger partial charge on any atom is -0.326 e. The molecular weight excluding hydrogens is 312 g/mol. The molecule has 1 N–H and O–H groups in total. The van der Waals surface area contributed by atoms with Crippen LogP contribution < -0.4 is 10.2 Å². The molecule has 0 aliphatic carbocycles. The van der Waals surface area contributed by atoms with E-state index in [1.165, 1.54) is 0 Å². The molecule has 1 fully saturated rings. The first-order valence-electron chi connectivity index (χ1n) is 8.61. The lowest BCUT2D eigenvalue weighted by atomic mass is 10.1. The lowest BCUT2D eigenvalue weighted by Gasteiger charge is -2.20. The first-order chi connectivity index (χ1) is 11.8. The topological polar surface area (TPSA) is 49.4 Å². The monoisotopic (exact) mass is 336 g/mol. The van der Waals surface area contributed by atoms with Crippen LogP contribution in [0.2, 0.25) is 0 Å². The SMILES string of the molecule is Cc1cc(C)cc(NC(=O)[C@H]2CC(=O)N(c3cccc(C)c3C)C2)c1. The molecule has 25 heavy (non-hydrogen) atoms. The zero-order valence-electron chi connectivity index (χ0n) is 15.2. The maximum Gasteiger partial charge on any atom is 0.229 e. The maximum absolute atomic E-state index is 12.6. The molecule has 2 amide bonds. The Morgan fingerprint density at radius 3 is 2.44 bits per heavy atom. The molecule has 0 aromatic heterocycles. The van der Waals surface area contributed by atoms with Crippen LogP contribution in [0.3, 0.4) is 0 Å². The van der Waals surface area contributed by atoms with E-state index in [1.54, 1.807) is 4.90 Å². The number of carbonyl (C=O) groups is 2. The molecule has 0 unspecified atom stereocenters. The Hall–Kier alpha value is -2.62. The summed E-state index contributed by atoms with van der Waals surface area (Å²) in [6.07, 6.45) is 0.254. The number of nitrogens with one attached hydrogen (secondary N) is 1. The van der Waals surface area contributed by atoms with Crippen molar-refractivity contribution >= 4 is 23.2 Å². The second kappa shape index (κ2) is 6.71. The van der Waals surface area contributed by atoms with Crippen LogP contribution in [0.4, 0.5) is 11.4 Å². The van der Waals surface area contributed by atoms with Gasteiger partial charge in [0.1, 0.15) is 0 Å². The van der Waals surface area contributed by atoms with Gasteiger partial charge in [0, 0.05) is 24.3 Å². The van der Waals surface area contributed by atoms with Crippen LogP contribution in [0.15, 0.2) is 36.4 Å². The van der Waals surface area contributed by atoms with Crippen molar-refractivity contribution in [3.05, 3.63) is 58.7 Å². The lowest BCUT2D eigenvalue weighted by molar-refractivity contribution is -0.122. The van der Waals surface area contributed by atoms with E-state index in [4.69, 9.17) is 0 Å². The molecule has 3 rings (SSSR count). The average Bonchev–Trinajstić information content (AvgIpc) is 2.91. The first-order valence-corrected chi connectivity index (χ1v) is 8.61. The van der Waals surface area contributed by atoms with Crippen molar-refractivity contribution < 1.29 is 9.59 Å². The summed E-state index contributed by atoms with van der Waals surface area (Å²) in [5.41, 5.74) is 6.15. The summed E-state index contributed by atoms with van der Waals surface area (Å²) in [6, 6.07) is 11.9. The zero-order valence-corrected chi connectivity index (χ0v) is 15.2. The number of anilines is 2. The minimum absolute atomic E-state index is 0.00859. The molecule has 0 radical (unpaired) electrons. The Morgan fingerprint density at radius 2 is 1.76 bits per heavy atom. The van der Waals surface area contributed by atoms with Crippen LogP contribution in [-0.2, 0) is 9.59 Å². The van der Waals surface area contributed by atoms with Crippen molar-refractivity contribution in [1.82, 2.24) is 0 Å². The van der Waals surface area contributed by atoms with Crippen molar-refractivity contribution in [2.75, 3.05) is 16.8 Å². The highest BCUT2D eigenvalue weighted by atomic mass is 16.2. The molecule has 2 aromatic carbocycles. The van der Waals surface area contributed by atoms with E-state index in [9.17, 15) is 9.59 Å². The van der Waals surface area contributed by atoms with Crippen LogP contribution in [0.25, 0.3) is 0 Å². The predicted molar refractivity (Wildman–Crippen MR) is 101 cm³/mol. The van der Waals surface area contributed by atoms with Crippen molar-refractivity contribution in [2.24, 2.45) is 5.92 Å². The Morgan fingerprint density at radius 1 is 1.08 bits per heavy atom. The summed E-state index contributed by atoms with van der Waals surface area (Å²) < 4.78 is 0. The van der Waals surface area contributed by atoms with Gasteiger partial charge in [0.2, 0.25) is 11.8 Å². The number of amides is 2. The molecule has 0 bridgehead atoms. The Kier molecular flexibility index (Phi) is 4.62. The van der Waals surface area contributed by atoms with Crippen LogP contribution in [-0.4, -0.2) is 18.4 Å². The van der Waals surface area contributed by atoms with Gasteiger partial charge in [-0.1, -0.05) is 18.2 Å². The summed E-state index contributed by atoms with van der Waals surface area (Å²) in [7, 11) is 0. The van der Waals surface area contributed by atoms with Crippen molar-refractivity contribution in [3.8, 4) is 0 Å². The summed E-state index contributed by atoms with van der Waals surface area (Å²) in [4.78, 5) is 26.8. The standard InChI is InChI=1S/C21H24N2O2/c1-13-8-14(2)10-18(9-13)22-21(25)17-11-20(24)23(12-17)19-7-5-6-15(3)16(19)4/h5-10,17H,11-12H2,1-4H3,(H,22,25)/t17-/m0/s1. The predicted octanol–water partition coefficient (Wildman–Crippen LogP) is 3.91. The van der Waals surface area contributed by atoms with Crippen molar-refractivity contribution in [3.63, 3.8) is 0 Å². The fourth-order valence-electron chi connectivity index (χ4n) is 3.44. The van der Waals surface area contributed by atoms with E-state index < -0.39 is 0 Å². The van der Waals surface area contributed by atoms with Crippen LogP contribution in [0.5, 0.6) is 0 Å². The van der Waals surface area contributed by atoms with E-state index in [1.807, 2.05) is 58.0 Å². The van der Waals surface area contributed by atoms with Gasteiger partial charge in [0.15, 0.2) is 0 Å². The van der Waals surface area contributed by atoms with Crippen molar-refractivity contribution in [1.29, 1.82) is 0 Å². The zero-order chi connectivity index (χ0) is 18.1. The van der Waals surface area contributed by atoms with Gasteiger partial charge in [-0.15, -0.1) is 0 Å². The largest absolute Gasteiger partial charge is 0.326 e. The molecule has 130 valence electrons. The number of hydrogen-bond donors (Lipinski definition) is 1. The highest BCUT2D eigenvalue weighted by molar-refractivity contribution is 6.04. The van der Waals surface area contributed by atoms with Crippen molar-refractivity contribution in [2.45, 2.75) is 34.1 Å². The summed E-state index contributed by atoms with van der Waals surface area (Å²) in [5.74, 6) is -0.409. The van der Waals surface area contributed by atoms with Gasteiger partial charge in [-0.2, -0.15) is 0 Å². The van der Waals surface area contributed by atoms with Crippen LogP contribution >= 0.6 is 0 Å². The number of nitrogens with zero attached hydrogens (tertiary/aromatic N) is 1. The highest BCUT2D eigenvalue weighted by Crippen LogP contribution is 2.30. The third-order valence-electron chi connectivity index (χ3n) is 4.85. The van der Waals surface area contributed by atoms with Crippen LogP contribution in [0, 0.1) is 33.6 Å². The van der Waals surface area contributed by atoms with Gasteiger partial charge in [0.05, 0.1) is 5.92 Å². The summed E-state index contributed by atoms with van der Waals surface area (Å²) in [5, 5.41) is 2.97. The second-order valence-corrected chi connectivity index (χ2v) is 6.99. The Labute approximate surface area is 148 Å². The van der Waals surface area contributed by atoms with Gasteiger partial charge in [0.25, 0.3) is 0 Å². The Balaban J connectivity index is 1.75. The molecule has 1 heterocycles. The lowest BCUT2D eigenvalue weighted by Crippen LogP contribution is -2.28. The smallest absolute Gasteiger partial charge is 0.229 e. The van der Waals surface area contributed by atoms with E-state index in [2.05, 4.69) is 11.4 Å². The summed E-state index contributed by atoms with van der Waals surface area (Å²) in [6.45, 7) is 8.48. The molecule has 0 spiro atoms. The normalized spacial score (nSPS) is 17.0. The molecule has 1 aliphatic heterocycles. The molecule has 2 aromatic rings. The first kappa shape index (κ1) is 17.2. The van der Waals surface area contributed by atoms with Gasteiger partial charge >= 0.3 is 0 Å². The Bertz CT molecular complexity index is 822. The maximum atomic E-state index is 12.6. The van der Waals surface area contributed by atoms with Gasteiger partial charge in [-0.3, -0.25) is 9.59 Å². The fourth-order valence-corrected chi connectivity index (χ4v) is 3.44. The van der Waals surface area contributed by atoms with Gasteiger partial charge < -0.3 is 10.2 Å². The number of benzene rings is 2. The fraction of sp³-hybridized carbons (Fsp3) is 0.333. The van der Waals surface area contributed by atoms with E-state index in [0.29, 0.717) is 6.54 Å². The third-order valence-corrected chi connectivity index (χ3v) is 4.85. The van der Waals surface area contributed by atoms with E-state index in [-0.39, 0.29) is 24.2 Å². The molecular formula is C21H24N2O2. The average molecular weight is 336 g/mol. The molecule has 1 saturated heterocycles. The van der Waals surface area contributed by atoms with E-state index in [0.717, 1.165) is 33.6 Å². The number of carbonyl (C=O) groups excluding carboxylic acids is 2. The molecule has 0 saturated carbocycles. The number of hydrogen-bond acceptors (Lipinski definition) is 2. The number of aryl methyl sites for hydroxylation is 3. The summed E-state index contributed by atoms with van der Waals surface area (Å²) >= 11 is 0. The quantitative estimate of drug-likeness (QED) is 0.924. The molecule has 1 atom stereocenters. The third kappa shape index (κ3) is 3.58. The van der Waals surface area contributed by atoms with E-state index >= 15 is 0 Å². The second-order valence-electron chi connectivity index (χ2n) is 6.99. The minimum atomic E-state index is -0.326. The molecule has 4 nitrogen and oxygen atoms in total. The highest BCUT2D eigenvalue weighted by Gasteiger charge is 2.35. The van der Waals surface area contributed by atoms with Crippen LogP contribution in [0.1, 0.15) is 28.7 Å². The molecule has 4 heteroatoms. The number of rotatable bonds is 3. The van der Waals surface area contributed by atoms with Gasteiger partial charge in [-0.05, 0) is 68.1 Å². The molecule has 1 aliphatic rings. The van der Waals surface area contributed by atoms with Gasteiger partial charge in [-0.25, -0.2) is 0 Å².